The smallest absolute Gasteiger partial charge is 0.0931 e. The van der Waals surface area contributed by atoms with Crippen LogP contribution in [0, 0.1) is 6.92 Å². The second kappa shape index (κ2) is 6.75. The summed E-state index contributed by atoms with van der Waals surface area (Å²) in [6, 6.07) is 12.9. The van der Waals surface area contributed by atoms with Crippen molar-refractivity contribution >= 4 is 54.8 Å². The van der Waals surface area contributed by atoms with E-state index in [-0.39, 0.29) is 5.41 Å². The van der Waals surface area contributed by atoms with Crippen LogP contribution < -0.4 is 0 Å². The van der Waals surface area contributed by atoms with Gasteiger partial charge in [0.15, 0.2) is 0 Å². The third kappa shape index (κ3) is 3.63. The molecule has 19 heavy (non-hydrogen) atoms. The van der Waals surface area contributed by atoms with Crippen molar-refractivity contribution in [2.75, 3.05) is 10.7 Å². The van der Waals surface area contributed by atoms with Crippen molar-refractivity contribution in [3.05, 3.63) is 56.7 Å². The highest BCUT2D eigenvalue weighted by molar-refractivity contribution is 9.09. The summed E-state index contributed by atoms with van der Waals surface area (Å²) in [6.45, 7) is 2.12. The van der Waals surface area contributed by atoms with E-state index in [0.717, 1.165) is 21.4 Å². The summed E-state index contributed by atoms with van der Waals surface area (Å²) in [4.78, 5) is 1.32. The molecular weight excluding hydrogens is 407 g/mol. The number of aryl methyl sites for hydroxylation is 1. The topological polar surface area (TPSA) is 0 Å². The highest BCUT2D eigenvalue weighted by Crippen LogP contribution is 2.35. The van der Waals surface area contributed by atoms with Crippen LogP contribution in [0.15, 0.2) is 36.4 Å². The Balaban J connectivity index is 2.33. The highest BCUT2D eigenvalue weighted by atomic mass is 79.9. The largest absolute Gasteiger partial charge is 0.128 e. The molecular formula is C15H15Br2ClS. The van der Waals surface area contributed by atoms with Crippen molar-refractivity contribution in [2.24, 2.45) is 0 Å². The molecule has 0 spiro atoms. The number of halogens is 3. The molecule has 0 atom stereocenters. The van der Waals surface area contributed by atoms with E-state index in [1.165, 1.54) is 16.0 Å². The summed E-state index contributed by atoms with van der Waals surface area (Å²) >= 11 is 15.1. The molecule has 0 bridgehead atoms. The Bertz CT molecular complexity index is 529. The minimum Gasteiger partial charge on any atom is -0.128 e. The molecule has 0 N–H and O–H groups in total. The average molecular weight is 423 g/mol. The van der Waals surface area contributed by atoms with Crippen LogP contribution in [-0.2, 0) is 11.8 Å². The quantitative estimate of drug-likeness (QED) is 0.520. The van der Waals surface area contributed by atoms with Gasteiger partial charge in [-0.2, -0.15) is 0 Å². The van der Waals surface area contributed by atoms with Gasteiger partial charge in [-0.15, -0.1) is 11.3 Å². The molecule has 1 heterocycles. The molecule has 0 saturated heterocycles. The van der Waals surface area contributed by atoms with Gasteiger partial charge >= 0.3 is 0 Å². The maximum atomic E-state index is 6.04. The van der Waals surface area contributed by atoms with E-state index < -0.39 is 0 Å². The van der Waals surface area contributed by atoms with E-state index in [4.69, 9.17) is 11.6 Å². The molecule has 0 aliphatic rings. The Morgan fingerprint density at radius 1 is 1.05 bits per heavy atom. The predicted molar refractivity (Wildman–Crippen MR) is 93.5 cm³/mol. The van der Waals surface area contributed by atoms with E-state index in [1.807, 2.05) is 6.07 Å². The standard InChI is InChI=1S/C15H15Br2ClS/c1-11-2-4-12(5-3-11)15(9-16,10-17)8-13-6-7-14(18)19-13/h2-7H,8-10H2,1H3. The summed E-state index contributed by atoms with van der Waals surface area (Å²) in [7, 11) is 0. The SMILES string of the molecule is Cc1ccc(C(CBr)(CBr)Cc2ccc(Cl)s2)cc1. The van der Waals surface area contributed by atoms with Crippen molar-refractivity contribution < 1.29 is 0 Å². The Morgan fingerprint density at radius 2 is 1.68 bits per heavy atom. The first kappa shape index (κ1) is 15.6. The highest BCUT2D eigenvalue weighted by Gasteiger charge is 2.31. The summed E-state index contributed by atoms with van der Waals surface area (Å²) in [6.07, 6.45) is 0.990. The van der Waals surface area contributed by atoms with Crippen molar-refractivity contribution in [2.45, 2.75) is 18.8 Å². The molecule has 0 aliphatic heterocycles. The summed E-state index contributed by atoms with van der Waals surface area (Å²) in [5.74, 6) is 0. The lowest BCUT2D eigenvalue weighted by Crippen LogP contribution is -2.32. The van der Waals surface area contributed by atoms with Crippen LogP contribution in [0.2, 0.25) is 4.34 Å². The van der Waals surface area contributed by atoms with Gasteiger partial charge in [0.05, 0.1) is 4.34 Å². The zero-order valence-corrected chi connectivity index (χ0v) is 15.4. The second-order valence-electron chi connectivity index (χ2n) is 4.80. The van der Waals surface area contributed by atoms with Crippen molar-refractivity contribution in [1.29, 1.82) is 0 Å². The number of rotatable bonds is 5. The van der Waals surface area contributed by atoms with Crippen LogP contribution in [-0.4, -0.2) is 10.7 Å². The predicted octanol–water partition coefficient (Wildman–Crippen LogP) is 5.98. The number of benzene rings is 1. The molecule has 0 saturated carbocycles. The van der Waals surface area contributed by atoms with E-state index in [0.29, 0.717) is 0 Å². The normalized spacial score (nSPS) is 11.8. The Hall–Kier alpha value is 0.170. The minimum absolute atomic E-state index is 0.0713. The van der Waals surface area contributed by atoms with E-state index >= 15 is 0 Å². The molecule has 0 amide bonds. The Kier molecular flexibility index (Phi) is 5.53. The Labute approximate surface area is 140 Å². The van der Waals surface area contributed by atoms with Gasteiger partial charge in [0.2, 0.25) is 0 Å². The summed E-state index contributed by atoms with van der Waals surface area (Å²) < 4.78 is 0.858. The summed E-state index contributed by atoms with van der Waals surface area (Å²) in [5, 5.41) is 1.84. The molecule has 2 rings (SSSR count). The van der Waals surface area contributed by atoms with Gasteiger partial charge in [-0.3, -0.25) is 0 Å². The van der Waals surface area contributed by atoms with Crippen LogP contribution in [0.25, 0.3) is 0 Å². The number of hydrogen-bond donors (Lipinski definition) is 0. The first-order chi connectivity index (χ1) is 9.09. The molecule has 0 aliphatic carbocycles. The number of hydrogen-bond acceptors (Lipinski definition) is 1. The first-order valence-corrected chi connectivity index (χ1v) is 9.47. The number of thiophene rings is 1. The van der Waals surface area contributed by atoms with Gasteiger partial charge < -0.3 is 0 Å². The molecule has 0 fully saturated rings. The lowest BCUT2D eigenvalue weighted by Gasteiger charge is -2.30. The van der Waals surface area contributed by atoms with Crippen molar-refractivity contribution in [3.8, 4) is 0 Å². The lowest BCUT2D eigenvalue weighted by molar-refractivity contribution is 0.556. The van der Waals surface area contributed by atoms with Gasteiger partial charge in [0.1, 0.15) is 0 Å². The van der Waals surface area contributed by atoms with Crippen LogP contribution in [0.1, 0.15) is 16.0 Å². The molecule has 0 unspecified atom stereocenters. The third-order valence-corrected chi connectivity index (χ3v) is 6.69. The maximum Gasteiger partial charge on any atom is 0.0931 e. The zero-order chi connectivity index (χ0) is 13.9. The molecule has 2 aromatic rings. The molecule has 102 valence electrons. The van der Waals surface area contributed by atoms with Crippen LogP contribution in [0.3, 0.4) is 0 Å². The fraction of sp³-hybridized carbons (Fsp3) is 0.333. The minimum atomic E-state index is 0.0713. The molecule has 4 heteroatoms. The maximum absolute atomic E-state index is 6.04. The van der Waals surface area contributed by atoms with Gasteiger partial charge in [-0.05, 0) is 31.0 Å². The summed E-state index contributed by atoms with van der Waals surface area (Å²) in [5.41, 5.74) is 2.72. The van der Waals surface area contributed by atoms with Gasteiger partial charge in [0, 0.05) is 21.0 Å². The second-order valence-corrected chi connectivity index (χ2v) is 7.72. The Morgan fingerprint density at radius 3 is 2.16 bits per heavy atom. The monoisotopic (exact) mass is 420 g/mol. The third-order valence-electron chi connectivity index (χ3n) is 3.32. The lowest BCUT2D eigenvalue weighted by atomic mass is 9.81. The van der Waals surface area contributed by atoms with Gasteiger partial charge in [-0.25, -0.2) is 0 Å². The van der Waals surface area contributed by atoms with Crippen LogP contribution in [0.4, 0.5) is 0 Å². The van der Waals surface area contributed by atoms with Crippen molar-refractivity contribution in [3.63, 3.8) is 0 Å². The van der Waals surface area contributed by atoms with E-state index in [2.05, 4.69) is 69.1 Å². The van der Waals surface area contributed by atoms with Crippen molar-refractivity contribution in [1.82, 2.24) is 0 Å². The van der Waals surface area contributed by atoms with Crippen LogP contribution >= 0.6 is 54.8 Å². The van der Waals surface area contributed by atoms with Crippen LogP contribution in [0.5, 0.6) is 0 Å². The molecule has 1 aromatic heterocycles. The van der Waals surface area contributed by atoms with Gasteiger partial charge in [0.25, 0.3) is 0 Å². The molecule has 0 nitrogen and oxygen atoms in total. The fourth-order valence-corrected chi connectivity index (χ4v) is 5.28. The molecule has 1 aromatic carbocycles. The van der Waals surface area contributed by atoms with E-state index in [1.54, 1.807) is 11.3 Å². The first-order valence-electron chi connectivity index (χ1n) is 6.03. The van der Waals surface area contributed by atoms with Gasteiger partial charge in [-0.1, -0.05) is 73.3 Å². The zero-order valence-electron chi connectivity index (χ0n) is 10.6. The number of alkyl halides is 2. The average Bonchev–Trinajstić information content (AvgIpc) is 2.82. The fourth-order valence-electron chi connectivity index (χ4n) is 2.07. The molecule has 0 radical (unpaired) electrons. The van der Waals surface area contributed by atoms with E-state index in [9.17, 15) is 0 Å².